The number of amides is 2. The number of alkyl halides is 3. The average Bonchev–Trinajstić information content (AvgIpc) is 2.07. The van der Waals surface area contributed by atoms with E-state index < -0.39 is 22.4 Å². The Hall–Kier alpha value is -0.920. The van der Waals surface area contributed by atoms with Crippen LogP contribution in [0.5, 0.6) is 0 Å². The number of ether oxygens (including phenoxy) is 1. The van der Waals surface area contributed by atoms with E-state index >= 15 is 0 Å². The van der Waals surface area contributed by atoms with E-state index in [0.29, 0.717) is 0 Å². The third-order valence-electron chi connectivity index (χ3n) is 1.34. The molecule has 0 saturated heterocycles. The molecule has 0 spiro atoms. The van der Waals surface area contributed by atoms with Crippen molar-refractivity contribution in [1.29, 1.82) is 0 Å². The van der Waals surface area contributed by atoms with Gasteiger partial charge in [-0.05, 0) is 20.8 Å². The monoisotopic (exact) mass is 316 g/mol. The third-order valence-corrected chi connectivity index (χ3v) is 1.70. The predicted molar refractivity (Wildman–Crippen MR) is 61.1 cm³/mol. The standard InChI is InChI=1S/C9H15BrF2N2O3/c1-8(2,3)17-7(16)14-5-4-13-6(15)9(10,11)12/h4-5H2,1-3H3,(H,13,15)(H,14,16). The first kappa shape index (κ1) is 16.1. The Morgan fingerprint density at radius 1 is 1.18 bits per heavy atom. The van der Waals surface area contributed by atoms with Crippen LogP contribution in [-0.4, -0.2) is 35.5 Å². The number of alkyl carbamates (subject to hydrolysis) is 1. The molecular weight excluding hydrogens is 302 g/mol. The van der Waals surface area contributed by atoms with Crippen LogP contribution in [0.1, 0.15) is 20.8 Å². The Labute approximate surface area is 106 Å². The van der Waals surface area contributed by atoms with Crippen molar-refractivity contribution in [2.24, 2.45) is 0 Å². The second kappa shape index (κ2) is 6.13. The van der Waals surface area contributed by atoms with Gasteiger partial charge in [0.05, 0.1) is 0 Å². The largest absolute Gasteiger partial charge is 0.444 e. The number of rotatable bonds is 4. The molecule has 0 aliphatic rings. The first-order valence-electron chi connectivity index (χ1n) is 4.84. The Bertz CT molecular complexity index is 287. The molecule has 2 amide bonds. The van der Waals surface area contributed by atoms with Gasteiger partial charge in [0.25, 0.3) is 0 Å². The van der Waals surface area contributed by atoms with Gasteiger partial charge >= 0.3 is 16.8 Å². The highest BCUT2D eigenvalue weighted by Gasteiger charge is 2.34. The van der Waals surface area contributed by atoms with Crippen molar-refractivity contribution in [3.05, 3.63) is 0 Å². The number of carbonyl (C=O) groups is 2. The molecule has 0 radical (unpaired) electrons. The summed E-state index contributed by atoms with van der Waals surface area (Å²) in [4.78, 5) is 18.2. The highest BCUT2D eigenvalue weighted by atomic mass is 79.9. The van der Waals surface area contributed by atoms with Gasteiger partial charge in [-0.2, -0.15) is 8.78 Å². The molecule has 100 valence electrons. The van der Waals surface area contributed by atoms with Crippen LogP contribution in [0.2, 0.25) is 0 Å². The van der Waals surface area contributed by atoms with Crippen LogP contribution in [0.3, 0.4) is 0 Å². The van der Waals surface area contributed by atoms with Crippen molar-refractivity contribution >= 4 is 27.9 Å². The van der Waals surface area contributed by atoms with E-state index in [0.717, 1.165) is 0 Å². The number of halogens is 3. The average molecular weight is 317 g/mol. The first-order valence-corrected chi connectivity index (χ1v) is 5.63. The molecule has 0 saturated carbocycles. The summed E-state index contributed by atoms with van der Waals surface area (Å²) in [5, 5.41) is 4.24. The van der Waals surface area contributed by atoms with Gasteiger partial charge in [-0.15, -0.1) is 0 Å². The number of hydrogen-bond donors (Lipinski definition) is 2. The highest BCUT2D eigenvalue weighted by molar-refractivity contribution is 9.10. The van der Waals surface area contributed by atoms with Crippen molar-refractivity contribution < 1.29 is 23.1 Å². The van der Waals surface area contributed by atoms with Gasteiger partial charge in [0.1, 0.15) is 5.60 Å². The summed E-state index contributed by atoms with van der Waals surface area (Å²) in [5.41, 5.74) is -0.629. The molecule has 8 heteroatoms. The topological polar surface area (TPSA) is 67.4 Å². The van der Waals surface area contributed by atoms with Crippen LogP contribution >= 0.6 is 15.9 Å². The van der Waals surface area contributed by atoms with Gasteiger partial charge in [-0.25, -0.2) is 4.79 Å². The number of hydrogen-bond acceptors (Lipinski definition) is 3. The molecule has 0 bridgehead atoms. The Morgan fingerprint density at radius 3 is 2.06 bits per heavy atom. The minimum absolute atomic E-state index is 0.00370. The smallest absolute Gasteiger partial charge is 0.407 e. The fourth-order valence-electron chi connectivity index (χ4n) is 0.755. The Morgan fingerprint density at radius 2 is 1.65 bits per heavy atom. The third kappa shape index (κ3) is 8.84. The van der Waals surface area contributed by atoms with Gasteiger partial charge in [0.2, 0.25) is 0 Å². The normalized spacial score (nSPS) is 11.9. The molecule has 0 unspecified atom stereocenters. The van der Waals surface area contributed by atoms with Gasteiger partial charge in [0, 0.05) is 29.0 Å². The van der Waals surface area contributed by atoms with E-state index in [9.17, 15) is 18.4 Å². The fourth-order valence-corrected chi connectivity index (χ4v) is 0.895. The van der Waals surface area contributed by atoms with Crippen molar-refractivity contribution in [3.8, 4) is 0 Å². The van der Waals surface area contributed by atoms with E-state index in [1.807, 2.05) is 21.2 Å². The summed E-state index contributed by atoms with van der Waals surface area (Å²) in [6.45, 7) is 4.97. The molecule has 0 atom stereocenters. The van der Waals surface area contributed by atoms with Gasteiger partial charge in [-0.3, -0.25) is 4.79 Å². The molecule has 0 aliphatic carbocycles. The first-order chi connectivity index (χ1) is 7.52. The van der Waals surface area contributed by atoms with E-state index in [4.69, 9.17) is 4.74 Å². The maximum absolute atomic E-state index is 12.3. The second-order valence-electron chi connectivity index (χ2n) is 4.18. The zero-order valence-electron chi connectivity index (χ0n) is 9.77. The molecule has 2 N–H and O–H groups in total. The molecule has 0 aromatic rings. The van der Waals surface area contributed by atoms with Crippen LogP contribution in [-0.2, 0) is 9.53 Å². The van der Waals surface area contributed by atoms with Crippen molar-refractivity contribution in [2.45, 2.75) is 31.2 Å². The molecule has 0 fully saturated rings. The molecular formula is C9H15BrF2N2O3. The summed E-state index contributed by atoms with van der Waals surface area (Å²) in [7, 11) is 0. The zero-order valence-corrected chi connectivity index (χ0v) is 11.4. The van der Waals surface area contributed by atoms with Crippen LogP contribution in [0.15, 0.2) is 0 Å². The summed E-state index contributed by atoms with van der Waals surface area (Å²) < 4.78 is 29.5. The molecule has 0 aromatic carbocycles. The van der Waals surface area contributed by atoms with Gasteiger partial charge in [-0.1, -0.05) is 0 Å². The SMILES string of the molecule is CC(C)(C)OC(=O)NCCNC(=O)C(F)(F)Br. The molecule has 5 nitrogen and oxygen atoms in total. The van der Waals surface area contributed by atoms with E-state index in [1.54, 1.807) is 20.8 Å². The lowest BCUT2D eigenvalue weighted by atomic mass is 10.2. The number of nitrogens with one attached hydrogen (secondary N) is 2. The van der Waals surface area contributed by atoms with Gasteiger partial charge in [0.15, 0.2) is 0 Å². The predicted octanol–water partition coefficient (Wildman–Crippen LogP) is 1.61. The van der Waals surface area contributed by atoms with Crippen LogP contribution in [0, 0.1) is 0 Å². The summed E-state index contributed by atoms with van der Waals surface area (Å²) in [6, 6.07) is 0. The van der Waals surface area contributed by atoms with Crippen LogP contribution in [0.25, 0.3) is 0 Å². The van der Waals surface area contributed by atoms with Gasteiger partial charge < -0.3 is 15.4 Å². The van der Waals surface area contributed by atoms with Crippen molar-refractivity contribution in [2.75, 3.05) is 13.1 Å². The molecule has 0 aromatic heterocycles. The number of carbonyl (C=O) groups excluding carboxylic acids is 2. The second-order valence-corrected chi connectivity index (χ2v) is 5.18. The highest BCUT2D eigenvalue weighted by Crippen LogP contribution is 2.20. The Balaban J connectivity index is 3.73. The lowest BCUT2D eigenvalue weighted by Crippen LogP contribution is -2.41. The molecule has 0 rings (SSSR count). The molecule has 17 heavy (non-hydrogen) atoms. The maximum Gasteiger partial charge on any atom is 0.407 e. The van der Waals surface area contributed by atoms with Crippen molar-refractivity contribution in [3.63, 3.8) is 0 Å². The zero-order chi connectivity index (χ0) is 13.7. The van der Waals surface area contributed by atoms with E-state index in [1.165, 1.54) is 0 Å². The molecule has 0 aliphatic heterocycles. The van der Waals surface area contributed by atoms with Crippen LogP contribution < -0.4 is 10.6 Å². The maximum atomic E-state index is 12.3. The summed E-state index contributed by atoms with van der Waals surface area (Å²) >= 11 is 1.91. The van der Waals surface area contributed by atoms with E-state index in [2.05, 4.69) is 5.32 Å². The Kier molecular flexibility index (Phi) is 5.80. The van der Waals surface area contributed by atoms with Crippen LogP contribution in [0.4, 0.5) is 13.6 Å². The quantitative estimate of drug-likeness (QED) is 0.611. The summed E-state index contributed by atoms with van der Waals surface area (Å²) in [5.74, 6) is -1.46. The fraction of sp³-hybridized carbons (Fsp3) is 0.778. The van der Waals surface area contributed by atoms with Crippen molar-refractivity contribution in [1.82, 2.24) is 10.6 Å². The molecule has 0 heterocycles. The lowest BCUT2D eigenvalue weighted by Gasteiger charge is -2.19. The minimum atomic E-state index is -3.60. The lowest BCUT2D eigenvalue weighted by molar-refractivity contribution is -0.134. The van der Waals surface area contributed by atoms with E-state index in [-0.39, 0.29) is 13.1 Å². The summed E-state index contributed by atoms with van der Waals surface area (Å²) in [6.07, 6.45) is -0.669. The minimum Gasteiger partial charge on any atom is -0.444 e.